The molecular formula is C19H12N4OS. The molecule has 5 aromatic rings. The monoisotopic (exact) mass is 344 g/mol. The van der Waals surface area contributed by atoms with Gasteiger partial charge in [-0.1, -0.05) is 42.5 Å². The van der Waals surface area contributed by atoms with Gasteiger partial charge in [0.15, 0.2) is 10.7 Å². The Morgan fingerprint density at radius 1 is 0.920 bits per heavy atom. The maximum atomic E-state index is 12.7. The second-order valence-electron chi connectivity index (χ2n) is 5.66. The first kappa shape index (κ1) is 14.1. The van der Waals surface area contributed by atoms with Gasteiger partial charge in [0.25, 0.3) is 5.56 Å². The van der Waals surface area contributed by atoms with Gasteiger partial charge in [-0.3, -0.25) is 9.20 Å². The normalized spacial score (nSPS) is 11.4. The molecule has 0 aliphatic carbocycles. The van der Waals surface area contributed by atoms with Crippen LogP contribution in [0.3, 0.4) is 0 Å². The first-order chi connectivity index (χ1) is 12.3. The number of imidazole rings is 1. The summed E-state index contributed by atoms with van der Waals surface area (Å²) in [4.78, 5) is 25.8. The van der Waals surface area contributed by atoms with E-state index in [2.05, 4.69) is 9.97 Å². The number of nitrogens with zero attached hydrogens (tertiary/aromatic N) is 3. The van der Waals surface area contributed by atoms with E-state index in [0.717, 1.165) is 32.9 Å². The summed E-state index contributed by atoms with van der Waals surface area (Å²) in [5.41, 5.74) is 4.08. The number of para-hydroxylation sites is 2. The fourth-order valence-electron chi connectivity index (χ4n) is 3.00. The van der Waals surface area contributed by atoms with Gasteiger partial charge >= 0.3 is 0 Å². The highest BCUT2D eigenvalue weighted by Crippen LogP contribution is 2.32. The lowest BCUT2D eigenvalue weighted by Gasteiger charge is -2.05. The number of rotatable bonds is 2. The predicted octanol–water partition coefficient (Wildman–Crippen LogP) is 3.97. The van der Waals surface area contributed by atoms with Crippen molar-refractivity contribution in [3.05, 3.63) is 76.5 Å². The quantitative estimate of drug-likeness (QED) is 0.527. The van der Waals surface area contributed by atoms with E-state index in [0.29, 0.717) is 5.69 Å². The molecule has 0 amide bonds. The lowest BCUT2D eigenvalue weighted by molar-refractivity contribution is 1.16. The minimum Gasteiger partial charge on any atom is -0.319 e. The number of hydrogen-bond donors (Lipinski definition) is 1. The van der Waals surface area contributed by atoms with Crippen molar-refractivity contribution in [2.75, 3.05) is 0 Å². The van der Waals surface area contributed by atoms with Crippen LogP contribution in [0.1, 0.15) is 0 Å². The molecule has 6 heteroatoms. The number of thiazole rings is 1. The van der Waals surface area contributed by atoms with Crippen LogP contribution in [0, 0.1) is 0 Å². The standard InChI is InChI=1S/C19H12N4OS/c24-18-16(20-13-8-4-5-9-14(13)21-18)17-15(12-6-2-1-3-7-12)22-19-23(17)10-11-25-19/h1-11H,(H,21,24). The fourth-order valence-corrected chi connectivity index (χ4v) is 3.71. The van der Waals surface area contributed by atoms with Gasteiger partial charge < -0.3 is 4.98 Å². The van der Waals surface area contributed by atoms with Crippen LogP contribution in [0.4, 0.5) is 0 Å². The van der Waals surface area contributed by atoms with Crippen LogP contribution in [0.5, 0.6) is 0 Å². The van der Waals surface area contributed by atoms with Gasteiger partial charge in [-0.25, -0.2) is 9.97 Å². The molecule has 3 aromatic heterocycles. The Morgan fingerprint density at radius 3 is 2.60 bits per heavy atom. The molecule has 0 radical (unpaired) electrons. The minimum absolute atomic E-state index is 0.219. The number of H-pyrrole nitrogens is 1. The molecule has 0 aliphatic rings. The van der Waals surface area contributed by atoms with Gasteiger partial charge in [-0.15, -0.1) is 11.3 Å². The van der Waals surface area contributed by atoms with Crippen LogP contribution in [0.15, 0.2) is 71.0 Å². The van der Waals surface area contributed by atoms with E-state index in [9.17, 15) is 4.79 Å². The van der Waals surface area contributed by atoms with Crippen molar-refractivity contribution in [1.29, 1.82) is 0 Å². The molecule has 5 nitrogen and oxygen atoms in total. The second kappa shape index (κ2) is 5.39. The summed E-state index contributed by atoms with van der Waals surface area (Å²) < 4.78 is 1.93. The zero-order chi connectivity index (χ0) is 16.8. The third kappa shape index (κ3) is 2.19. The average molecular weight is 344 g/mol. The molecule has 0 spiro atoms. The van der Waals surface area contributed by atoms with Crippen molar-refractivity contribution in [3.63, 3.8) is 0 Å². The molecule has 0 bridgehead atoms. The van der Waals surface area contributed by atoms with E-state index >= 15 is 0 Å². The predicted molar refractivity (Wildman–Crippen MR) is 99.9 cm³/mol. The maximum absolute atomic E-state index is 12.7. The average Bonchev–Trinajstić information content (AvgIpc) is 3.23. The van der Waals surface area contributed by atoms with Gasteiger partial charge in [0.1, 0.15) is 11.4 Å². The highest BCUT2D eigenvalue weighted by molar-refractivity contribution is 7.15. The van der Waals surface area contributed by atoms with Crippen molar-refractivity contribution in [2.24, 2.45) is 0 Å². The van der Waals surface area contributed by atoms with Crippen molar-refractivity contribution in [3.8, 4) is 22.6 Å². The summed E-state index contributed by atoms with van der Waals surface area (Å²) in [5.74, 6) is 0. The Hall–Kier alpha value is -3.25. The van der Waals surface area contributed by atoms with E-state index in [1.165, 1.54) is 11.3 Å². The number of aromatic nitrogens is 4. The first-order valence-electron chi connectivity index (χ1n) is 7.82. The molecular weight excluding hydrogens is 332 g/mol. The molecule has 3 heterocycles. The number of nitrogens with one attached hydrogen (secondary N) is 1. The lowest BCUT2D eigenvalue weighted by Crippen LogP contribution is -2.12. The van der Waals surface area contributed by atoms with Crippen LogP contribution in [0.2, 0.25) is 0 Å². The summed E-state index contributed by atoms with van der Waals surface area (Å²) >= 11 is 1.53. The second-order valence-corrected chi connectivity index (χ2v) is 6.54. The molecule has 0 fully saturated rings. The summed E-state index contributed by atoms with van der Waals surface area (Å²) in [6.45, 7) is 0. The first-order valence-corrected chi connectivity index (χ1v) is 8.69. The van der Waals surface area contributed by atoms with Crippen LogP contribution in [-0.2, 0) is 0 Å². The smallest absolute Gasteiger partial charge is 0.276 e. The van der Waals surface area contributed by atoms with E-state index in [1.54, 1.807) is 0 Å². The van der Waals surface area contributed by atoms with E-state index < -0.39 is 0 Å². The van der Waals surface area contributed by atoms with Crippen LogP contribution in [0.25, 0.3) is 38.6 Å². The highest BCUT2D eigenvalue weighted by atomic mass is 32.1. The van der Waals surface area contributed by atoms with E-state index in [4.69, 9.17) is 4.98 Å². The van der Waals surface area contributed by atoms with Crippen molar-refractivity contribution < 1.29 is 0 Å². The molecule has 0 unspecified atom stereocenters. The maximum Gasteiger partial charge on any atom is 0.276 e. The third-order valence-electron chi connectivity index (χ3n) is 4.13. The Kier molecular flexibility index (Phi) is 3.05. The van der Waals surface area contributed by atoms with E-state index in [-0.39, 0.29) is 5.56 Å². The number of benzene rings is 2. The largest absolute Gasteiger partial charge is 0.319 e. The van der Waals surface area contributed by atoms with Crippen molar-refractivity contribution >= 4 is 27.3 Å². The molecule has 25 heavy (non-hydrogen) atoms. The molecule has 0 saturated heterocycles. The van der Waals surface area contributed by atoms with Crippen LogP contribution >= 0.6 is 11.3 Å². The molecule has 2 aromatic carbocycles. The number of aromatic amines is 1. The van der Waals surface area contributed by atoms with E-state index in [1.807, 2.05) is 70.6 Å². The zero-order valence-corrected chi connectivity index (χ0v) is 13.8. The highest BCUT2D eigenvalue weighted by Gasteiger charge is 2.20. The minimum atomic E-state index is -0.219. The van der Waals surface area contributed by atoms with Gasteiger partial charge in [0.05, 0.1) is 11.0 Å². The zero-order valence-electron chi connectivity index (χ0n) is 13.0. The third-order valence-corrected chi connectivity index (χ3v) is 4.89. The number of fused-ring (bicyclic) bond motifs is 2. The topological polar surface area (TPSA) is 63.0 Å². The van der Waals surface area contributed by atoms with Gasteiger partial charge in [0, 0.05) is 17.1 Å². The Balaban J connectivity index is 1.88. The van der Waals surface area contributed by atoms with Crippen LogP contribution < -0.4 is 5.56 Å². The van der Waals surface area contributed by atoms with Gasteiger partial charge in [0.2, 0.25) is 0 Å². The molecule has 0 atom stereocenters. The summed E-state index contributed by atoms with van der Waals surface area (Å²) in [6, 6.07) is 17.4. The Bertz CT molecular complexity index is 1270. The Labute approximate surface area is 146 Å². The van der Waals surface area contributed by atoms with Crippen molar-refractivity contribution in [2.45, 2.75) is 0 Å². The fraction of sp³-hybridized carbons (Fsp3) is 0. The molecule has 5 rings (SSSR count). The molecule has 1 N–H and O–H groups in total. The van der Waals surface area contributed by atoms with Gasteiger partial charge in [-0.05, 0) is 12.1 Å². The molecule has 120 valence electrons. The molecule has 0 aliphatic heterocycles. The summed E-state index contributed by atoms with van der Waals surface area (Å²) in [6.07, 6.45) is 1.92. The number of hydrogen-bond acceptors (Lipinski definition) is 4. The van der Waals surface area contributed by atoms with Crippen molar-refractivity contribution in [1.82, 2.24) is 19.4 Å². The van der Waals surface area contributed by atoms with Crippen LogP contribution in [-0.4, -0.2) is 19.4 Å². The summed E-state index contributed by atoms with van der Waals surface area (Å²) in [5, 5.41) is 1.95. The summed E-state index contributed by atoms with van der Waals surface area (Å²) in [7, 11) is 0. The SMILES string of the molecule is O=c1[nH]c2ccccc2nc1-c1c(-c2ccccc2)nc2sccn12. The Morgan fingerprint density at radius 2 is 1.72 bits per heavy atom. The van der Waals surface area contributed by atoms with Gasteiger partial charge in [-0.2, -0.15) is 0 Å². The molecule has 0 saturated carbocycles. The lowest BCUT2D eigenvalue weighted by atomic mass is 10.1.